The fourth-order valence-corrected chi connectivity index (χ4v) is 7.68. The molecule has 13 heteroatoms. The molecule has 3 N–H and O–H groups in total. The number of methoxy groups -OCH3 is 1. The van der Waals surface area contributed by atoms with Crippen molar-refractivity contribution in [3.8, 4) is 23.3 Å². The number of thiophene rings is 1. The average Bonchev–Trinajstić information content (AvgIpc) is 3.63. The maximum absolute atomic E-state index is 16.9. The van der Waals surface area contributed by atoms with Gasteiger partial charge < -0.3 is 25.2 Å². The van der Waals surface area contributed by atoms with Gasteiger partial charge in [-0.15, -0.1) is 11.3 Å². The summed E-state index contributed by atoms with van der Waals surface area (Å²) in [4.78, 5) is 18.0. The minimum Gasteiger partial charge on any atom is -0.467 e. The summed E-state index contributed by atoms with van der Waals surface area (Å²) < 4.78 is 43.1. The van der Waals surface area contributed by atoms with Gasteiger partial charge in [0, 0.05) is 42.7 Å². The second-order valence-electron chi connectivity index (χ2n) is 10.9. The van der Waals surface area contributed by atoms with Crippen molar-refractivity contribution in [2.24, 2.45) is 0 Å². The van der Waals surface area contributed by atoms with Gasteiger partial charge in [-0.1, -0.05) is 0 Å². The van der Waals surface area contributed by atoms with Crippen LogP contribution in [-0.4, -0.2) is 69.9 Å². The van der Waals surface area contributed by atoms with Gasteiger partial charge in [0.25, 0.3) is 0 Å². The Bertz CT molecular complexity index is 1760. The molecule has 7 rings (SSSR count). The molecule has 6 heterocycles. The van der Waals surface area contributed by atoms with Gasteiger partial charge in [-0.05, 0) is 30.9 Å². The summed E-state index contributed by atoms with van der Waals surface area (Å²) in [5.74, 6) is -0.703. The first kappa shape index (κ1) is 26.2. The third kappa shape index (κ3) is 3.93. The van der Waals surface area contributed by atoms with Gasteiger partial charge in [-0.3, -0.25) is 9.88 Å². The minimum absolute atomic E-state index is 0.0247. The lowest BCUT2D eigenvalue weighted by Gasteiger charge is -2.42. The third-order valence-corrected chi connectivity index (χ3v) is 9.34. The number of nitrogens with zero attached hydrogens (tertiary/aromatic N) is 6. The van der Waals surface area contributed by atoms with Gasteiger partial charge in [-0.25, -0.2) is 8.78 Å². The van der Waals surface area contributed by atoms with Crippen LogP contribution in [0, 0.1) is 23.0 Å². The van der Waals surface area contributed by atoms with E-state index in [0.717, 1.165) is 49.0 Å². The van der Waals surface area contributed by atoms with Crippen molar-refractivity contribution in [2.75, 3.05) is 37.4 Å². The lowest BCUT2D eigenvalue weighted by molar-refractivity contribution is 0.111. The Balaban J connectivity index is 1.48. The number of aliphatic hydroxyl groups excluding tert-OH is 1. The lowest BCUT2D eigenvalue weighted by atomic mass is 9.93. The number of fused-ring (bicyclic) bond motifs is 6. The maximum Gasteiger partial charge on any atom is 0.318 e. The number of ether oxygens (including phenoxy) is 2. The number of halogens is 2. The third-order valence-electron chi connectivity index (χ3n) is 8.31. The van der Waals surface area contributed by atoms with E-state index in [-0.39, 0.29) is 68.7 Å². The molecule has 3 aromatic heterocycles. The number of aromatic nitrogens is 3. The van der Waals surface area contributed by atoms with Crippen LogP contribution >= 0.6 is 11.3 Å². The number of pyridine rings is 1. The van der Waals surface area contributed by atoms with E-state index < -0.39 is 17.7 Å². The molecule has 3 aliphatic rings. The molecular weight excluding hydrogens is 552 g/mol. The number of rotatable bonds is 5. The molecule has 0 aliphatic carbocycles. The molecule has 3 aliphatic heterocycles. The maximum atomic E-state index is 16.9. The van der Waals surface area contributed by atoms with E-state index in [4.69, 9.17) is 20.2 Å². The summed E-state index contributed by atoms with van der Waals surface area (Å²) in [6.45, 7) is 4.20. The summed E-state index contributed by atoms with van der Waals surface area (Å²) >= 11 is 0.935. The highest BCUT2D eigenvalue weighted by molar-refractivity contribution is 7.23. The first-order valence-corrected chi connectivity index (χ1v) is 14.2. The van der Waals surface area contributed by atoms with Gasteiger partial charge in [0.2, 0.25) is 0 Å². The molecule has 4 aromatic rings. The summed E-state index contributed by atoms with van der Waals surface area (Å²) in [6, 6.07) is 2.31. The molecule has 3 atom stereocenters. The summed E-state index contributed by atoms with van der Waals surface area (Å²) in [5.41, 5.74) is 7.71. The van der Waals surface area contributed by atoms with Crippen molar-refractivity contribution >= 4 is 43.1 Å². The zero-order valence-electron chi connectivity index (χ0n) is 22.4. The first-order valence-electron chi connectivity index (χ1n) is 13.4. The number of hydrogen-bond acceptors (Lipinski definition) is 11. The fraction of sp³-hybridized carbons (Fsp3) is 0.429. The van der Waals surface area contributed by atoms with E-state index in [9.17, 15) is 14.8 Å². The Morgan fingerprint density at radius 1 is 1.22 bits per heavy atom. The number of piperazine rings is 1. The van der Waals surface area contributed by atoms with Crippen molar-refractivity contribution in [3.63, 3.8) is 0 Å². The van der Waals surface area contributed by atoms with E-state index >= 15 is 4.39 Å². The highest BCUT2D eigenvalue weighted by Gasteiger charge is 2.43. The standard InChI is InChI=1S/C28H27F2N7O3S/c1-12(38)7-36-8-13-3-4-14(9-36)37(13)27-21-17-11-40-10-16(17)19(22(30)24(21)34-28(35-27)39-2)23-20-15(5-31)26(32)41-25(20)18(29)6-33-23/h6,12-14,38H,3-4,7-11,32H2,1-2H3. The topological polar surface area (TPSA) is 134 Å². The quantitative estimate of drug-likeness (QED) is 0.360. The van der Waals surface area contributed by atoms with Gasteiger partial charge in [0.1, 0.15) is 22.4 Å². The van der Waals surface area contributed by atoms with Crippen LogP contribution in [0.25, 0.3) is 32.2 Å². The number of nitriles is 1. The van der Waals surface area contributed by atoms with Gasteiger partial charge in [0.05, 0.1) is 54.0 Å². The van der Waals surface area contributed by atoms with Crippen LogP contribution < -0.4 is 15.4 Å². The molecule has 2 bridgehead atoms. The number of nitrogens with two attached hydrogens (primary N) is 1. The zero-order chi connectivity index (χ0) is 28.6. The van der Waals surface area contributed by atoms with E-state index in [1.807, 2.05) is 6.07 Å². The second-order valence-corrected chi connectivity index (χ2v) is 11.9. The summed E-state index contributed by atoms with van der Waals surface area (Å²) in [6.07, 6.45) is 2.49. The van der Waals surface area contributed by atoms with Crippen LogP contribution in [0.4, 0.5) is 19.6 Å². The van der Waals surface area contributed by atoms with Crippen LogP contribution in [0.3, 0.4) is 0 Å². The van der Waals surface area contributed by atoms with E-state index in [0.29, 0.717) is 23.3 Å². The highest BCUT2D eigenvalue weighted by atomic mass is 32.1. The zero-order valence-corrected chi connectivity index (χ0v) is 23.3. The monoisotopic (exact) mass is 579 g/mol. The van der Waals surface area contributed by atoms with E-state index in [1.54, 1.807) is 6.92 Å². The number of anilines is 2. The SMILES string of the molecule is COc1nc(N2C3CCC2CN(CC(C)O)C3)c2c3c(c(-c4ncc(F)c5sc(N)c(C#N)c45)c(F)c2n1)COC3. The Morgan fingerprint density at radius 2 is 1.95 bits per heavy atom. The molecule has 10 nitrogen and oxygen atoms in total. The Hall–Kier alpha value is -3.70. The lowest BCUT2D eigenvalue weighted by Crippen LogP contribution is -2.55. The van der Waals surface area contributed by atoms with Crippen molar-refractivity contribution in [3.05, 3.63) is 34.5 Å². The first-order chi connectivity index (χ1) is 19.8. The smallest absolute Gasteiger partial charge is 0.318 e. The predicted molar refractivity (Wildman–Crippen MR) is 150 cm³/mol. The molecule has 0 radical (unpaired) electrons. The van der Waals surface area contributed by atoms with E-state index in [1.165, 1.54) is 7.11 Å². The number of aliphatic hydroxyl groups is 1. The van der Waals surface area contributed by atoms with Crippen molar-refractivity contribution in [1.82, 2.24) is 19.9 Å². The van der Waals surface area contributed by atoms with Crippen molar-refractivity contribution in [2.45, 2.75) is 51.2 Å². The van der Waals surface area contributed by atoms with Crippen LogP contribution in [0.5, 0.6) is 6.01 Å². The molecule has 2 fully saturated rings. The van der Waals surface area contributed by atoms with E-state index in [2.05, 4.69) is 19.8 Å². The molecule has 0 saturated carbocycles. The molecule has 1 aromatic carbocycles. The largest absolute Gasteiger partial charge is 0.467 e. The number of β-amino-alcohol motifs (C(OH)–C–C–N with tert-alkyl or cyclic N) is 1. The molecule has 3 unspecified atom stereocenters. The normalized spacial score (nSPS) is 21.0. The van der Waals surface area contributed by atoms with Gasteiger partial charge >= 0.3 is 6.01 Å². The van der Waals surface area contributed by atoms with Crippen LogP contribution in [-0.2, 0) is 18.0 Å². The number of likely N-dealkylation sites (tertiary alicyclic amines) is 1. The van der Waals surface area contributed by atoms with Crippen molar-refractivity contribution in [1.29, 1.82) is 5.26 Å². The van der Waals surface area contributed by atoms with Crippen molar-refractivity contribution < 1.29 is 23.4 Å². The fourth-order valence-electron chi connectivity index (χ4n) is 6.76. The number of benzene rings is 1. The Morgan fingerprint density at radius 3 is 2.63 bits per heavy atom. The molecule has 212 valence electrons. The van der Waals surface area contributed by atoms with Crippen LogP contribution in [0.15, 0.2) is 6.20 Å². The molecular formula is C28H27F2N7O3S. The highest BCUT2D eigenvalue weighted by Crippen LogP contribution is 2.48. The summed E-state index contributed by atoms with van der Waals surface area (Å²) in [7, 11) is 1.44. The Kier molecular flexibility index (Phi) is 6.20. The van der Waals surface area contributed by atoms with Crippen LogP contribution in [0.1, 0.15) is 36.5 Å². The number of hydrogen-bond donors (Lipinski definition) is 2. The minimum atomic E-state index is -0.666. The average molecular weight is 580 g/mol. The molecule has 2 saturated heterocycles. The van der Waals surface area contributed by atoms with Gasteiger partial charge in [-0.2, -0.15) is 15.2 Å². The number of nitrogen functional groups attached to an aromatic ring is 1. The molecule has 41 heavy (non-hydrogen) atoms. The predicted octanol–water partition coefficient (Wildman–Crippen LogP) is 3.71. The second kappa shape index (κ2) is 9.70. The van der Waals surface area contributed by atoms with Gasteiger partial charge in [0.15, 0.2) is 11.6 Å². The Labute approximate surface area is 237 Å². The summed E-state index contributed by atoms with van der Waals surface area (Å²) in [5, 5.41) is 20.7. The van der Waals surface area contributed by atoms with Crippen LogP contribution in [0.2, 0.25) is 0 Å². The molecule has 0 amide bonds. The molecule has 0 spiro atoms.